The van der Waals surface area contributed by atoms with Crippen LogP contribution in [0.1, 0.15) is 23.0 Å². The number of nitrogens with zero attached hydrogens (tertiary/aromatic N) is 3. The number of carboxylic acid groups (broad SMARTS) is 2. The first-order chi connectivity index (χ1) is 9.93. The lowest BCUT2D eigenvalue weighted by atomic mass is 10.1. The van der Waals surface area contributed by atoms with Crippen molar-refractivity contribution in [3.05, 3.63) is 29.7 Å². The number of hydrogen-bond donors (Lipinski definition) is 3. The number of aromatic carboxylic acids is 1. The summed E-state index contributed by atoms with van der Waals surface area (Å²) in [5.41, 5.74) is 1.81. The number of anilines is 1. The number of aromatic amines is 1. The average Bonchev–Trinajstić information content (AvgIpc) is 2.90. The van der Waals surface area contributed by atoms with Crippen molar-refractivity contribution < 1.29 is 19.8 Å². The Morgan fingerprint density at radius 1 is 1.38 bits per heavy atom. The van der Waals surface area contributed by atoms with E-state index in [1.807, 2.05) is 0 Å². The molecule has 0 aliphatic rings. The standard InChI is InChI=1S/C13H14N4O4/c1-3-17(13(20)21)12-15-5-7(2)10(16-12)8-4-9(11(18)19)14-6-8/h4-6,14H,3H2,1-2H3,(H,18,19)(H,20,21). The molecule has 0 aliphatic carbocycles. The van der Waals surface area contributed by atoms with E-state index in [0.717, 1.165) is 10.5 Å². The van der Waals surface area contributed by atoms with Crippen molar-refractivity contribution >= 4 is 18.0 Å². The molecule has 1 amide bonds. The zero-order valence-corrected chi connectivity index (χ0v) is 11.5. The van der Waals surface area contributed by atoms with E-state index in [1.54, 1.807) is 13.8 Å². The number of nitrogens with one attached hydrogen (secondary N) is 1. The van der Waals surface area contributed by atoms with Gasteiger partial charge in [-0.25, -0.2) is 24.5 Å². The van der Waals surface area contributed by atoms with Gasteiger partial charge in [0.1, 0.15) is 5.69 Å². The number of amides is 1. The molecule has 0 fully saturated rings. The summed E-state index contributed by atoms with van der Waals surface area (Å²) in [6.45, 7) is 3.66. The number of carboxylic acids is 1. The molecule has 0 saturated carbocycles. The lowest BCUT2D eigenvalue weighted by molar-refractivity contribution is 0.0691. The summed E-state index contributed by atoms with van der Waals surface area (Å²) in [6, 6.07) is 1.44. The molecule has 2 aromatic heterocycles. The van der Waals surface area contributed by atoms with Gasteiger partial charge in [0, 0.05) is 24.5 Å². The monoisotopic (exact) mass is 290 g/mol. The highest BCUT2D eigenvalue weighted by Gasteiger charge is 2.18. The Balaban J connectivity index is 2.47. The summed E-state index contributed by atoms with van der Waals surface area (Å²) >= 11 is 0. The molecule has 110 valence electrons. The highest BCUT2D eigenvalue weighted by Crippen LogP contribution is 2.23. The molecule has 0 saturated heterocycles. The summed E-state index contributed by atoms with van der Waals surface area (Å²) in [4.78, 5) is 33.9. The van der Waals surface area contributed by atoms with E-state index in [9.17, 15) is 9.59 Å². The molecule has 2 rings (SSSR count). The lowest BCUT2D eigenvalue weighted by Crippen LogP contribution is -2.30. The van der Waals surface area contributed by atoms with E-state index in [0.29, 0.717) is 11.3 Å². The third kappa shape index (κ3) is 2.83. The number of hydrogen-bond acceptors (Lipinski definition) is 4. The fourth-order valence-electron chi connectivity index (χ4n) is 1.87. The molecule has 0 aromatic carbocycles. The quantitative estimate of drug-likeness (QED) is 0.792. The Bertz CT molecular complexity index is 695. The predicted molar refractivity (Wildman–Crippen MR) is 74.6 cm³/mol. The summed E-state index contributed by atoms with van der Waals surface area (Å²) in [5, 5.41) is 18.0. The van der Waals surface area contributed by atoms with Gasteiger partial charge < -0.3 is 15.2 Å². The van der Waals surface area contributed by atoms with Gasteiger partial charge in [0.15, 0.2) is 0 Å². The first-order valence-electron chi connectivity index (χ1n) is 6.20. The zero-order chi connectivity index (χ0) is 15.6. The summed E-state index contributed by atoms with van der Waals surface area (Å²) in [5.74, 6) is -1.02. The maximum absolute atomic E-state index is 11.1. The predicted octanol–water partition coefficient (Wildman–Crippen LogP) is 1.98. The van der Waals surface area contributed by atoms with Crippen molar-refractivity contribution in [3.63, 3.8) is 0 Å². The van der Waals surface area contributed by atoms with E-state index in [2.05, 4.69) is 15.0 Å². The summed E-state index contributed by atoms with van der Waals surface area (Å²) in [7, 11) is 0. The Hall–Kier alpha value is -2.90. The van der Waals surface area contributed by atoms with Crippen LogP contribution in [0.4, 0.5) is 10.7 Å². The van der Waals surface area contributed by atoms with Gasteiger partial charge in [0.25, 0.3) is 0 Å². The van der Waals surface area contributed by atoms with Gasteiger partial charge in [0.05, 0.1) is 5.69 Å². The smallest absolute Gasteiger partial charge is 0.414 e. The SMILES string of the molecule is CCN(C(=O)O)c1ncc(C)c(-c2c[nH]c(C(=O)O)c2)n1. The van der Waals surface area contributed by atoms with Gasteiger partial charge in [-0.05, 0) is 25.5 Å². The molecule has 0 aliphatic heterocycles. The third-order valence-corrected chi connectivity index (χ3v) is 2.93. The van der Waals surface area contributed by atoms with Crippen molar-refractivity contribution in [2.24, 2.45) is 0 Å². The molecule has 2 heterocycles. The van der Waals surface area contributed by atoms with Crippen LogP contribution < -0.4 is 4.90 Å². The average molecular weight is 290 g/mol. The van der Waals surface area contributed by atoms with Crippen LogP contribution in [0.5, 0.6) is 0 Å². The minimum absolute atomic E-state index is 0.0372. The molecule has 8 heteroatoms. The lowest BCUT2D eigenvalue weighted by Gasteiger charge is -2.15. The largest absolute Gasteiger partial charge is 0.477 e. The molecular weight excluding hydrogens is 276 g/mol. The Morgan fingerprint density at radius 2 is 2.10 bits per heavy atom. The number of rotatable bonds is 4. The van der Waals surface area contributed by atoms with Crippen LogP contribution in [0.3, 0.4) is 0 Å². The zero-order valence-electron chi connectivity index (χ0n) is 11.5. The van der Waals surface area contributed by atoms with Crippen LogP contribution in [0.2, 0.25) is 0 Å². The molecular formula is C13H14N4O4. The molecule has 3 N–H and O–H groups in total. The van der Waals surface area contributed by atoms with Gasteiger partial charge in [-0.15, -0.1) is 0 Å². The first kappa shape index (κ1) is 14.5. The van der Waals surface area contributed by atoms with E-state index in [4.69, 9.17) is 10.2 Å². The molecule has 0 unspecified atom stereocenters. The van der Waals surface area contributed by atoms with Gasteiger partial charge in [-0.1, -0.05) is 0 Å². The summed E-state index contributed by atoms with van der Waals surface area (Å²) < 4.78 is 0. The van der Waals surface area contributed by atoms with Gasteiger partial charge in [-0.2, -0.15) is 0 Å². The molecule has 0 spiro atoms. The van der Waals surface area contributed by atoms with E-state index in [1.165, 1.54) is 18.5 Å². The van der Waals surface area contributed by atoms with Crippen molar-refractivity contribution in [2.45, 2.75) is 13.8 Å². The maximum Gasteiger partial charge on any atom is 0.414 e. The number of carbonyl (C=O) groups is 2. The minimum Gasteiger partial charge on any atom is -0.477 e. The Kier molecular flexibility index (Phi) is 3.88. The molecule has 2 aromatic rings. The van der Waals surface area contributed by atoms with Crippen LogP contribution >= 0.6 is 0 Å². The van der Waals surface area contributed by atoms with Crippen LogP contribution in [-0.4, -0.2) is 43.8 Å². The van der Waals surface area contributed by atoms with Gasteiger partial charge >= 0.3 is 12.1 Å². The van der Waals surface area contributed by atoms with E-state index >= 15 is 0 Å². The minimum atomic E-state index is -1.15. The molecule has 21 heavy (non-hydrogen) atoms. The van der Waals surface area contributed by atoms with Crippen LogP contribution in [-0.2, 0) is 0 Å². The fourth-order valence-corrected chi connectivity index (χ4v) is 1.87. The van der Waals surface area contributed by atoms with Crippen LogP contribution in [0, 0.1) is 6.92 Å². The molecule has 8 nitrogen and oxygen atoms in total. The maximum atomic E-state index is 11.1. The van der Waals surface area contributed by atoms with Crippen molar-refractivity contribution in [2.75, 3.05) is 11.4 Å². The van der Waals surface area contributed by atoms with Crippen LogP contribution in [0.25, 0.3) is 11.3 Å². The second kappa shape index (κ2) is 5.61. The Morgan fingerprint density at radius 3 is 2.62 bits per heavy atom. The van der Waals surface area contributed by atoms with Crippen molar-refractivity contribution in [3.8, 4) is 11.3 Å². The van der Waals surface area contributed by atoms with Gasteiger partial charge in [-0.3, -0.25) is 0 Å². The van der Waals surface area contributed by atoms with Crippen LogP contribution in [0.15, 0.2) is 18.5 Å². The van der Waals surface area contributed by atoms with Crippen molar-refractivity contribution in [1.29, 1.82) is 0 Å². The first-order valence-corrected chi connectivity index (χ1v) is 6.20. The highest BCUT2D eigenvalue weighted by atomic mass is 16.4. The molecule has 0 atom stereocenters. The topological polar surface area (TPSA) is 119 Å². The van der Waals surface area contributed by atoms with Gasteiger partial charge in [0.2, 0.25) is 5.95 Å². The normalized spacial score (nSPS) is 10.4. The second-order valence-electron chi connectivity index (χ2n) is 4.34. The van der Waals surface area contributed by atoms with E-state index in [-0.39, 0.29) is 18.2 Å². The van der Waals surface area contributed by atoms with E-state index < -0.39 is 12.1 Å². The second-order valence-corrected chi connectivity index (χ2v) is 4.34. The summed E-state index contributed by atoms with van der Waals surface area (Å²) in [6.07, 6.45) is 1.88. The number of aryl methyl sites for hydroxylation is 1. The van der Waals surface area contributed by atoms with Crippen molar-refractivity contribution in [1.82, 2.24) is 15.0 Å². The third-order valence-electron chi connectivity index (χ3n) is 2.93. The highest BCUT2D eigenvalue weighted by molar-refractivity contribution is 5.88. The number of H-pyrrole nitrogens is 1. The molecule has 0 bridgehead atoms. The fraction of sp³-hybridized carbons (Fsp3) is 0.231. The Labute approximate surface area is 120 Å². The molecule has 0 radical (unpaired) electrons. The number of aromatic nitrogens is 3.